The van der Waals surface area contributed by atoms with Gasteiger partial charge in [0.25, 0.3) is 0 Å². The van der Waals surface area contributed by atoms with Crippen molar-refractivity contribution >= 4 is 76.5 Å². The molecule has 0 N–H and O–H groups in total. The van der Waals surface area contributed by atoms with Crippen LogP contribution in [0.25, 0.3) is 0 Å². The van der Waals surface area contributed by atoms with Crippen LogP contribution in [0.15, 0.2) is 48.5 Å². The molecule has 4 radical (unpaired) electrons. The van der Waals surface area contributed by atoms with Crippen LogP contribution in [0.5, 0.6) is 0 Å². The molecule has 0 bridgehead atoms. The number of unbranched alkanes of at least 4 members (excludes halogenated alkanes) is 2. The first-order chi connectivity index (χ1) is 18.6. The molecule has 0 saturated carbocycles. The monoisotopic (exact) mass is 960 g/mol. The van der Waals surface area contributed by atoms with E-state index in [4.69, 9.17) is 0 Å². The van der Waals surface area contributed by atoms with E-state index < -0.39 is 0 Å². The molecule has 4 rings (SSSR count). The summed E-state index contributed by atoms with van der Waals surface area (Å²) in [7, 11) is 0. The SMILES string of the molecule is CCCCN1[C]N(CCC)c2ccccc21.CCCCN1[C]N(CCC)c2ccccc21.[Br][Pd][Br].[Br][Pd][Br]. The average Bonchev–Trinajstić information content (AvgIpc) is 3.46. The van der Waals surface area contributed by atoms with Gasteiger partial charge in [0.2, 0.25) is 13.3 Å². The summed E-state index contributed by atoms with van der Waals surface area (Å²) in [4.78, 5) is 9.00. The van der Waals surface area contributed by atoms with Crippen LogP contribution in [-0.4, -0.2) is 26.2 Å². The summed E-state index contributed by atoms with van der Waals surface area (Å²) in [6.07, 6.45) is 7.22. The van der Waals surface area contributed by atoms with E-state index in [0.29, 0.717) is 27.9 Å². The quantitative estimate of drug-likeness (QED) is 0.220. The molecule has 4 nitrogen and oxygen atoms in total. The van der Waals surface area contributed by atoms with E-state index in [2.05, 4.69) is 163 Å². The molecule has 0 fully saturated rings. The third-order valence-corrected chi connectivity index (χ3v) is 5.77. The first kappa shape index (κ1) is 36.9. The number of halogens is 4. The number of hydrogen-bond acceptors (Lipinski definition) is 4. The fraction of sp³-hybridized carbons (Fsp3) is 0.500. The van der Waals surface area contributed by atoms with Gasteiger partial charge in [-0.3, -0.25) is 0 Å². The van der Waals surface area contributed by atoms with Gasteiger partial charge in [-0.05, 0) is 49.9 Å². The third-order valence-electron chi connectivity index (χ3n) is 5.77. The number of nitrogens with zero attached hydrogens (tertiary/aromatic N) is 4. The second-order valence-electron chi connectivity index (χ2n) is 8.58. The first-order valence-corrected chi connectivity index (χ1v) is 27.2. The molecule has 2 aromatic rings. The summed E-state index contributed by atoms with van der Waals surface area (Å²) in [6, 6.07) is 17.2. The topological polar surface area (TPSA) is 13.0 Å². The van der Waals surface area contributed by atoms with Crippen LogP contribution < -0.4 is 19.6 Å². The number of rotatable bonds is 10. The predicted molar refractivity (Wildman–Crippen MR) is 175 cm³/mol. The van der Waals surface area contributed by atoms with Gasteiger partial charge >= 0.3 is 81.6 Å². The van der Waals surface area contributed by atoms with Gasteiger partial charge in [0, 0.05) is 26.2 Å². The molecule has 2 heterocycles. The Morgan fingerprint density at radius 2 is 0.763 bits per heavy atom. The van der Waals surface area contributed by atoms with E-state index in [1.165, 1.54) is 48.4 Å². The zero-order chi connectivity index (χ0) is 28.2. The Bertz CT molecular complexity index is 796. The van der Waals surface area contributed by atoms with Gasteiger partial charge in [0.05, 0.1) is 22.7 Å². The van der Waals surface area contributed by atoms with Gasteiger partial charge in [-0.1, -0.05) is 64.8 Å². The summed E-state index contributed by atoms with van der Waals surface area (Å²) < 4.78 is 0. The van der Waals surface area contributed by atoms with Crippen molar-refractivity contribution in [1.82, 2.24) is 0 Å². The van der Waals surface area contributed by atoms with Crippen LogP contribution in [0.4, 0.5) is 22.7 Å². The average molecular weight is 965 g/mol. The minimum atomic E-state index is 0.575. The van der Waals surface area contributed by atoms with Gasteiger partial charge in [0.1, 0.15) is 0 Å². The maximum absolute atomic E-state index is 3.46. The van der Waals surface area contributed by atoms with E-state index in [1.807, 2.05) is 0 Å². The Kier molecular flexibility index (Phi) is 22.8. The molecule has 0 unspecified atom stereocenters. The Labute approximate surface area is 275 Å². The van der Waals surface area contributed by atoms with Crippen molar-refractivity contribution in [2.75, 3.05) is 45.8 Å². The van der Waals surface area contributed by atoms with Crippen LogP contribution in [0, 0.1) is 13.3 Å². The molecule has 10 heteroatoms. The zero-order valence-corrected chi connectivity index (χ0v) is 32.1. The summed E-state index contributed by atoms with van der Waals surface area (Å²) >= 11 is 13.6. The summed E-state index contributed by atoms with van der Waals surface area (Å²) in [6.45, 7) is 20.1. The fourth-order valence-electron chi connectivity index (χ4n) is 4.11. The number of para-hydroxylation sites is 4. The molecule has 2 aliphatic rings. The van der Waals surface area contributed by atoms with Crippen molar-refractivity contribution in [2.45, 2.75) is 66.2 Å². The van der Waals surface area contributed by atoms with E-state index in [1.54, 1.807) is 0 Å². The molecule has 0 atom stereocenters. The van der Waals surface area contributed by atoms with Crippen LogP contribution in [0.3, 0.4) is 0 Å². The van der Waals surface area contributed by atoms with Crippen molar-refractivity contribution in [3.63, 3.8) is 0 Å². The standard InChI is InChI=1S/2C14H20N2.4BrH.2Pd/c2*1-3-5-11-16-12-15(10-4-2)13-8-6-7-9-14(13)16;;;;;;/h2*6-9H,3-5,10-11H2,1-2H3;4*1H;;/q;;;;;;2*+2/p-4. The van der Waals surface area contributed by atoms with E-state index in [-0.39, 0.29) is 0 Å². The molecular formula is C28H40Br4N4Pd2. The predicted octanol–water partition coefficient (Wildman–Crippen LogP) is 10.4. The van der Waals surface area contributed by atoms with Gasteiger partial charge in [-0.15, -0.1) is 0 Å². The second kappa shape index (κ2) is 23.4. The molecule has 2 aliphatic heterocycles. The summed E-state index contributed by atoms with van der Waals surface area (Å²) in [5.74, 6) is 0. The third kappa shape index (κ3) is 12.8. The van der Waals surface area contributed by atoms with E-state index in [0.717, 1.165) is 39.0 Å². The van der Waals surface area contributed by atoms with Gasteiger partial charge in [0.15, 0.2) is 0 Å². The number of anilines is 4. The first-order valence-electron chi connectivity index (χ1n) is 13.0. The van der Waals surface area contributed by atoms with E-state index >= 15 is 0 Å². The minimum absolute atomic E-state index is 0.575. The van der Waals surface area contributed by atoms with Crippen molar-refractivity contribution in [3.05, 3.63) is 61.9 Å². The molecule has 0 amide bonds. The van der Waals surface area contributed by atoms with Crippen LogP contribution in [-0.2, 0) is 27.9 Å². The Balaban J connectivity index is 0.000000315. The maximum atomic E-state index is 3.46. The Hall–Kier alpha value is 0.885. The van der Waals surface area contributed by atoms with E-state index in [9.17, 15) is 0 Å². The number of hydrogen-bond donors (Lipinski definition) is 0. The molecule has 2 aromatic carbocycles. The van der Waals surface area contributed by atoms with Gasteiger partial charge in [-0.2, -0.15) is 0 Å². The Morgan fingerprint density at radius 1 is 0.500 bits per heavy atom. The summed E-state index contributed by atoms with van der Waals surface area (Å²) in [5, 5.41) is 0. The van der Waals surface area contributed by atoms with Crippen molar-refractivity contribution in [1.29, 1.82) is 0 Å². The van der Waals surface area contributed by atoms with Crippen molar-refractivity contribution in [3.8, 4) is 0 Å². The molecule has 0 aliphatic carbocycles. The van der Waals surface area contributed by atoms with Crippen LogP contribution in [0.2, 0.25) is 0 Å². The van der Waals surface area contributed by atoms with Crippen LogP contribution >= 0.6 is 53.7 Å². The summed E-state index contributed by atoms with van der Waals surface area (Å²) in [5.41, 5.74) is 5.23. The number of fused-ring (bicyclic) bond motifs is 2. The molecule has 220 valence electrons. The van der Waals surface area contributed by atoms with Gasteiger partial charge < -0.3 is 19.6 Å². The normalized spacial score (nSPS) is 13.3. The molecule has 38 heavy (non-hydrogen) atoms. The zero-order valence-electron chi connectivity index (χ0n) is 22.6. The fourth-order valence-corrected chi connectivity index (χ4v) is 4.11. The van der Waals surface area contributed by atoms with Crippen LogP contribution in [0.1, 0.15) is 66.2 Å². The molecule has 0 aromatic heterocycles. The van der Waals surface area contributed by atoms with Crippen molar-refractivity contribution in [2.24, 2.45) is 0 Å². The Morgan fingerprint density at radius 3 is 1.00 bits per heavy atom. The van der Waals surface area contributed by atoms with Gasteiger partial charge in [-0.25, -0.2) is 0 Å². The molecular weight excluding hydrogens is 925 g/mol. The second-order valence-corrected chi connectivity index (χ2v) is 22.9. The van der Waals surface area contributed by atoms with Crippen molar-refractivity contribution < 1.29 is 27.9 Å². The number of benzene rings is 2. The molecule has 0 saturated heterocycles. The molecule has 0 spiro atoms.